The Morgan fingerprint density at radius 1 is 1.10 bits per heavy atom. The van der Waals surface area contributed by atoms with Gasteiger partial charge in [0.1, 0.15) is 22.3 Å². The summed E-state index contributed by atoms with van der Waals surface area (Å²) in [6, 6.07) is 10.9. The van der Waals surface area contributed by atoms with Crippen molar-refractivity contribution < 1.29 is 23.8 Å². The number of aromatic nitrogens is 2. The number of aliphatic hydroxyl groups excluding tert-OH is 1. The molecule has 1 unspecified atom stereocenters. The zero-order valence-corrected chi connectivity index (χ0v) is 16.8. The predicted molar refractivity (Wildman–Crippen MR) is 109 cm³/mol. The molecule has 30 heavy (non-hydrogen) atoms. The Balaban J connectivity index is 1.92. The number of halogens is 1. The molecular weight excluding hydrogens is 409 g/mol. The van der Waals surface area contributed by atoms with Gasteiger partial charge in [0.05, 0.1) is 18.7 Å². The molecule has 4 rings (SSSR count). The molecule has 0 radical (unpaired) electrons. The maximum atomic E-state index is 13.3. The molecule has 0 aliphatic carbocycles. The van der Waals surface area contributed by atoms with Crippen molar-refractivity contribution in [2.45, 2.75) is 13.0 Å². The Bertz CT molecular complexity index is 1160. The van der Waals surface area contributed by atoms with Gasteiger partial charge in [-0.1, -0.05) is 23.5 Å². The standard InChI is InChI=1S/C21H16FN3O4S/c1-11-23-24-21(30-11)25-17(12-5-9-15(29-2)10-6-12)16(19(27)20(25)28)18(26)13-3-7-14(22)8-4-13/h3-10,17,26H,1-2H3. The van der Waals surface area contributed by atoms with Crippen LogP contribution >= 0.6 is 11.3 Å². The zero-order valence-electron chi connectivity index (χ0n) is 16.0. The van der Waals surface area contributed by atoms with Crippen LogP contribution in [0, 0.1) is 12.7 Å². The molecule has 0 spiro atoms. The van der Waals surface area contributed by atoms with Gasteiger partial charge in [0.25, 0.3) is 5.78 Å². The van der Waals surface area contributed by atoms with Crippen LogP contribution in [0.1, 0.15) is 22.2 Å². The maximum Gasteiger partial charge on any atom is 0.301 e. The Kier molecular flexibility index (Phi) is 5.04. The average Bonchev–Trinajstić information content (AvgIpc) is 3.29. The summed E-state index contributed by atoms with van der Waals surface area (Å²) in [6.45, 7) is 1.73. The number of aliphatic hydroxyl groups is 1. The second-order valence-corrected chi connectivity index (χ2v) is 7.71. The number of carbonyl (C=O) groups is 2. The quantitative estimate of drug-likeness (QED) is 0.390. The SMILES string of the molecule is COc1ccc(C2C(=C(O)c3ccc(F)cc3)C(=O)C(=O)N2c2nnc(C)s2)cc1. The zero-order chi connectivity index (χ0) is 21.4. The van der Waals surface area contributed by atoms with Crippen molar-refractivity contribution in [1.29, 1.82) is 0 Å². The molecule has 0 bridgehead atoms. The van der Waals surface area contributed by atoms with Crippen molar-refractivity contribution in [1.82, 2.24) is 10.2 Å². The number of rotatable bonds is 4. The summed E-state index contributed by atoms with van der Waals surface area (Å²) in [6.07, 6.45) is 0. The normalized spacial score (nSPS) is 18.1. The van der Waals surface area contributed by atoms with E-state index < -0.39 is 29.3 Å². The number of benzene rings is 2. The number of hydrogen-bond acceptors (Lipinski definition) is 7. The van der Waals surface area contributed by atoms with E-state index in [0.29, 0.717) is 16.3 Å². The minimum absolute atomic E-state index is 0.107. The van der Waals surface area contributed by atoms with Gasteiger partial charge in [-0.3, -0.25) is 14.5 Å². The molecular formula is C21H16FN3O4S. The molecule has 1 aliphatic heterocycles. The van der Waals surface area contributed by atoms with E-state index in [-0.39, 0.29) is 16.3 Å². The van der Waals surface area contributed by atoms with Crippen molar-refractivity contribution in [3.63, 3.8) is 0 Å². The van der Waals surface area contributed by atoms with Crippen LogP contribution in [-0.4, -0.2) is 34.1 Å². The van der Waals surface area contributed by atoms with E-state index in [2.05, 4.69) is 10.2 Å². The minimum atomic E-state index is -0.923. The number of nitrogens with zero attached hydrogens (tertiary/aromatic N) is 3. The van der Waals surface area contributed by atoms with E-state index in [1.165, 1.54) is 36.3 Å². The van der Waals surface area contributed by atoms with Gasteiger partial charge in [-0.25, -0.2) is 4.39 Å². The molecule has 1 saturated heterocycles. The molecule has 2 aromatic carbocycles. The molecule has 1 amide bonds. The van der Waals surface area contributed by atoms with Crippen LogP contribution in [0.25, 0.3) is 5.76 Å². The second kappa shape index (κ2) is 7.68. The Hall–Kier alpha value is -3.59. The van der Waals surface area contributed by atoms with E-state index in [1.807, 2.05) is 0 Å². The van der Waals surface area contributed by atoms with Crippen molar-refractivity contribution in [2.24, 2.45) is 0 Å². The maximum absolute atomic E-state index is 13.3. The number of ether oxygens (including phenoxy) is 1. The molecule has 7 nitrogen and oxygen atoms in total. The highest BCUT2D eigenvalue weighted by Crippen LogP contribution is 2.43. The lowest BCUT2D eigenvalue weighted by Crippen LogP contribution is -2.29. The Morgan fingerprint density at radius 2 is 1.77 bits per heavy atom. The summed E-state index contributed by atoms with van der Waals surface area (Å²) in [5.74, 6) is -1.96. The highest BCUT2D eigenvalue weighted by atomic mass is 32.1. The van der Waals surface area contributed by atoms with Gasteiger partial charge in [-0.2, -0.15) is 0 Å². The first-order valence-electron chi connectivity index (χ1n) is 8.91. The molecule has 1 N–H and O–H groups in total. The summed E-state index contributed by atoms with van der Waals surface area (Å²) >= 11 is 1.16. The lowest BCUT2D eigenvalue weighted by Gasteiger charge is -2.22. The van der Waals surface area contributed by atoms with Gasteiger partial charge in [0, 0.05) is 5.56 Å². The largest absolute Gasteiger partial charge is 0.507 e. The second-order valence-electron chi connectivity index (χ2n) is 6.55. The van der Waals surface area contributed by atoms with Gasteiger partial charge in [0.2, 0.25) is 5.13 Å². The van der Waals surface area contributed by atoms with Gasteiger partial charge < -0.3 is 9.84 Å². The van der Waals surface area contributed by atoms with Gasteiger partial charge in [-0.05, 0) is 48.9 Å². The fourth-order valence-electron chi connectivity index (χ4n) is 3.28. The molecule has 9 heteroatoms. The smallest absolute Gasteiger partial charge is 0.301 e. The minimum Gasteiger partial charge on any atom is -0.507 e. The van der Waals surface area contributed by atoms with Crippen LogP contribution in [-0.2, 0) is 9.59 Å². The summed E-state index contributed by atoms with van der Waals surface area (Å²) in [7, 11) is 1.53. The van der Waals surface area contributed by atoms with E-state index in [1.54, 1.807) is 31.2 Å². The topological polar surface area (TPSA) is 92.6 Å². The number of carbonyl (C=O) groups excluding carboxylic acids is 2. The van der Waals surface area contributed by atoms with Crippen molar-refractivity contribution in [2.75, 3.05) is 12.0 Å². The van der Waals surface area contributed by atoms with Crippen LogP contribution in [0.15, 0.2) is 54.1 Å². The van der Waals surface area contributed by atoms with Gasteiger partial charge in [-0.15, -0.1) is 10.2 Å². The van der Waals surface area contributed by atoms with Crippen LogP contribution < -0.4 is 9.64 Å². The van der Waals surface area contributed by atoms with E-state index in [4.69, 9.17) is 4.74 Å². The average molecular weight is 425 g/mol. The number of methoxy groups -OCH3 is 1. The fraction of sp³-hybridized carbons (Fsp3) is 0.143. The number of ketones is 1. The van der Waals surface area contributed by atoms with Gasteiger partial charge in [0.15, 0.2) is 0 Å². The van der Waals surface area contributed by atoms with Crippen LogP contribution in [0.3, 0.4) is 0 Å². The van der Waals surface area contributed by atoms with E-state index in [9.17, 15) is 19.1 Å². The predicted octanol–water partition coefficient (Wildman–Crippen LogP) is 3.62. The van der Waals surface area contributed by atoms with Crippen LogP contribution in [0.5, 0.6) is 5.75 Å². The highest BCUT2D eigenvalue weighted by molar-refractivity contribution is 7.15. The lowest BCUT2D eigenvalue weighted by atomic mass is 9.95. The van der Waals surface area contributed by atoms with Crippen LogP contribution in [0.4, 0.5) is 9.52 Å². The lowest BCUT2D eigenvalue weighted by molar-refractivity contribution is -0.132. The van der Waals surface area contributed by atoms with Crippen LogP contribution in [0.2, 0.25) is 0 Å². The molecule has 3 aromatic rings. The first-order chi connectivity index (χ1) is 14.4. The molecule has 152 valence electrons. The molecule has 1 aromatic heterocycles. The number of anilines is 1. The third-order valence-corrected chi connectivity index (χ3v) is 5.55. The first kappa shape index (κ1) is 19.7. The van der Waals surface area contributed by atoms with Gasteiger partial charge >= 0.3 is 5.91 Å². The summed E-state index contributed by atoms with van der Waals surface area (Å²) < 4.78 is 18.5. The van der Waals surface area contributed by atoms with Crippen molar-refractivity contribution in [3.8, 4) is 5.75 Å². The molecule has 1 aliphatic rings. The molecule has 1 fully saturated rings. The Morgan fingerprint density at radius 3 is 2.33 bits per heavy atom. The Labute approximate surface area is 175 Å². The summed E-state index contributed by atoms with van der Waals surface area (Å²) in [4.78, 5) is 27.1. The third kappa shape index (κ3) is 3.33. The summed E-state index contributed by atoms with van der Waals surface area (Å²) in [5.41, 5.74) is 0.692. The fourth-order valence-corrected chi connectivity index (χ4v) is 3.99. The number of aryl methyl sites for hydroxylation is 1. The van der Waals surface area contributed by atoms with Crippen molar-refractivity contribution in [3.05, 3.63) is 76.1 Å². The molecule has 1 atom stereocenters. The number of hydrogen-bond donors (Lipinski definition) is 1. The summed E-state index contributed by atoms with van der Waals surface area (Å²) in [5, 5.41) is 19.7. The number of amides is 1. The van der Waals surface area contributed by atoms with E-state index in [0.717, 1.165) is 11.3 Å². The highest BCUT2D eigenvalue weighted by Gasteiger charge is 2.48. The number of Topliss-reactive ketones (excluding diaryl/α,β-unsaturated/α-hetero) is 1. The van der Waals surface area contributed by atoms with E-state index >= 15 is 0 Å². The first-order valence-corrected chi connectivity index (χ1v) is 9.73. The van der Waals surface area contributed by atoms with Crippen molar-refractivity contribution >= 4 is 33.9 Å². The third-order valence-electron chi connectivity index (χ3n) is 4.72. The molecule has 2 heterocycles. The molecule has 0 saturated carbocycles. The monoisotopic (exact) mass is 425 g/mol.